The predicted octanol–water partition coefficient (Wildman–Crippen LogP) is -0.892. The minimum atomic E-state index is 0.101. The van der Waals surface area contributed by atoms with Gasteiger partial charge in [-0.1, -0.05) is 0 Å². The van der Waals surface area contributed by atoms with Gasteiger partial charge in [0.25, 0.3) is 0 Å². The molecule has 19 heavy (non-hydrogen) atoms. The van der Waals surface area contributed by atoms with Crippen LogP contribution in [0.4, 0.5) is 0 Å². The fourth-order valence-corrected chi connectivity index (χ4v) is 2.73. The van der Waals surface area contributed by atoms with Gasteiger partial charge in [0.2, 0.25) is 5.91 Å². The highest BCUT2D eigenvalue weighted by Gasteiger charge is 2.32. The van der Waals surface area contributed by atoms with Crippen molar-refractivity contribution in [1.82, 2.24) is 14.7 Å². The van der Waals surface area contributed by atoms with Crippen molar-refractivity contribution in [3.63, 3.8) is 0 Å². The Morgan fingerprint density at radius 2 is 1.95 bits per heavy atom. The topological polar surface area (TPSA) is 45.3 Å². The lowest BCUT2D eigenvalue weighted by Gasteiger charge is -2.46. The molecule has 0 spiro atoms. The lowest BCUT2D eigenvalue weighted by Crippen LogP contribution is -2.62. The highest BCUT2D eigenvalue weighted by Crippen LogP contribution is 2.14. The molecule has 1 unspecified atom stereocenters. The maximum atomic E-state index is 12.0. The van der Waals surface area contributed by atoms with E-state index in [1.807, 2.05) is 4.90 Å². The van der Waals surface area contributed by atoms with Crippen LogP contribution in [-0.2, 0) is 14.3 Å². The summed E-state index contributed by atoms with van der Waals surface area (Å²) in [5.41, 5.74) is 0. The molecule has 2 aliphatic heterocycles. The molecule has 0 aromatic carbocycles. The number of carbonyl (C=O) groups excluding carboxylic acids is 1. The number of ether oxygens (including phenoxy) is 2. The van der Waals surface area contributed by atoms with Crippen molar-refractivity contribution in [3.8, 4) is 0 Å². The molecule has 0 bridgehead atoms. The third-order valence-corrected chi connectivity index (χ3v) is 3.91. The second-order valence-electron chi connectivity index (χ2n) is 5.34. The molecule has 0 aliphatic carbocycles. The molecule has 0 radical (unpaired) electrons. The van der Waals surface area contributed by atoms with Crippen LogP contribution in [0.3, 0.4) is 0 Å². The lowest BCUT2D eigenvalue weighted by molar-refractivity contribution is -0.140. The lowest BCUT2D eigenvalue weighted by atomic mass is 10.1. The van der Waals surface area contributed by atoms with E-state index in [0.29, 0.717) is 19.3 Å². The molecule has 6 heteroatoms. The number of rotatable bonds is 5. The molecule has 2 aliphatic rings. The van der Waals surface area contributed by atoms with Crippen LogP contribution in [0.15, 0.2) is 0 Å². The second kappa shape index (κ2) is 7.19. The molecular formula is C13H25N3O3. The van der Waals surface area contributed by atoms with Crippen LogP contribution in [-0.4, -0.2) is 99.9 Å². The Bertz CT molecular complexity index is 301. The predicted molar refractivity (Wildman–Crippen MR) is 72.1 cm³/mol. The van der Waals surface area contributed by atoms with Gasteiger partial charge in [-0.3, -0.25) is 9.69 Å². The van der Waals surface area contributed by atoms with E-state index >= 15 is 0 Å². The van der Waals surface area contributed by atoms with Gasteiger partial charge < -0.3 is 19.3 Å². The number of nitrogens with zero attached hydrogens (tertiary/aromatic N) is 3. The van der Waals surface area contributed by atoms with Crippen LogP contribution in [0.2, 0.25) is 0 Å². The van der Waals surface area contributed by atoms with E-state index in [9.17, 15) is 4.79 Å². The molecule has 2 saturated heterocycles. The van der Waals surface area contributed by atoms with Crippen molar-refractivity contribution in [2.75, 3.05) is 73.2 Å². The van der Waals surface area contributed by atoms with Gasteiger partial charge in [0.1, 0.15) is 6.61 Å². The first-order valence-electron chi connectivity index (χ1n) is 6.97. The number of fused-ring (bicyclic) bond motifs is 1. The molecule has 1 amide bonds. The highest BCUT2D eigenvalue weighted by atomic mass is 16.5. The van der Waals surface area contributed by atoms with Crippen LogP contribution in [0.5, 0.6) is 0 Å². The minimum absolute atomic E-state index is 0.101. The largest absolute Gasteiger partial charge is 0.382 e. The van der Waals surface area contributed by atoms with Crippen molar-refractivity contribution in [2.24, 2.45) is 0 Å². The van der Waals surface area contributed by atoms with E-state index in [0.717, 1.165) is 39.3 Å². The van der Waals surface area contributed by atoms with E-state index in [1.165, 1.54) is 0 Å². The molecule has 0 aromatic rings. The standard InChI is InChI=1S/C13H25N3O3/c1-14-3-4-15-5-6-16(10-12(15)9-14)13(17)11-19-8-7-18-2/h12H,3-11H2,1-2H3. The van der Waals surface area contributed by atoms with Crippen LogP contribution in [0, 0.1) is 0 Å². The zero-order chi connectivity index (χ0) is 13.7. The molecule has 1 atom stereocenters. The summed E-state index contributed by atoms with van der Waals surface area (Å²) in [6, 6.07) is 0.482. The Morgan fingerprint density at radius 3 is 2.74 bits per heavy atom. The van der Waals surface area contributed by atoms with E-state index in [4.69, 9.17) is 9.47 Å². The van der Waals surface area contributed by atoms with E-state index in [1.54, 1.807) is 7.11 Å². The fraction of sp³-hybridized carbons (Fsp3) is 0.923. The normalized spacial score (nSPS) is 25.4. The summed E-state index contributed by atoms with van der Waals surface area (Å²) in [7, 11) is 3.77. The molecule has 2 heterocycles. The average Bonchev–Trinajstić information content (AvgIpc) is 2.42. The van der Waals surface area contributed by atoms with E-state index < -0.39 is 0 Å². The van der Waals surface area contributed by atoms with Crippen molar-refractivity contribution < 1.29 is 14.3 Å². The maximum Gasteiger partial charge on any atom is 0.248 e. The summed E-state index contributed by atoms with van der Waals surface area (Å²) >= 11 is 0. The minimum Gasteiger partial charge on any atom is -0.382 e. The highest BCUT2D eigenvalue weighted by molar-refractivity contribution is 5.77. The van der Waals surface area contributed by atoms with Gasteiger partial charge in [0.15, 0.2) is 0 Å². The van der Waals surface area contributed by atoms with Gasteiger partial charge in [0, 0.05) is 52.4 Å². The second-order valence-corrected chi connectivity index (χ2v) is 5.34. The Hall–Kier alpha value is -0.690. The summed E-state index contributed by atoms with van der Waals surface area (Å²) in [5.74, 6) is 0.101. The van der Waals surface area contributed by atoms with Gasteiger partial charge in [0.05, 0.1) is 13.2 Å². The molecule has 0 saturated carbocycles. The summed E-state index contributed by atoms with van der Waals surface area (Å²) in [5, 5.41) is 0. The van der Waals surface area contributed by atoms with Crippen molar-refractivity contribution in [2.45, 2.75) is 6.04 Å². The van der Waals surface area contributed by atoms with Gasteiger partial charge in [-0.25, -0.2) is 0 Å². The maximum absolute atomic E-state index is 12.0. The Labute approximate surface area is 115 Å². The van der Waals surface area contributed by atoms with Crippen LogP contribution in [0.25, 0.3) is 0 Å². The number of amides is 1. The van der Waals surface area contributed by atoms with Crippen molar-refractivity contribution in [1.29, 1.82) is 0 Å². The first kappa shape index (κ1) is 14.7. The summed E-state index contributed by atoms with van der Waals surface area (Å²) < 4.78 is 10.2. The summed E-state index contributed by atoms with van der Waals surface area (Å²) in [6.45, 7) is 7.13. The Kier molecular flexibility index (Phi) is 5.57. The van der Waals surface area contributed by atoms with E-state index in [-0.39, 0.29) is 12.5 Å². The quantitative estimate of drug-likeness (QED) is 0.607. The Balaban J connectivity index is 1.74. The number of carbonyl (C=O) groups is 1. The van der Waals surface area contributed by atoms with E-state index in [2.05, 4.69) is 16.8 Å². The first-order chi connectivity index (χ1) is 9.20. The molecule has 2 rings (SSSR count). The van der Waals surface area contributed by atoms with Crippen LogP contribution < -0.4 is 0 Å². The summed E-state index contributed by atoms with van der Waals surface area (Å²) in [4.78, 5) is 18.8. The molecule has 6 nitrogen and oxygen atoms in total. The van der Waals surface area contributed by atoms with Crippen molar-refractivity contribution >= 4 is 5.91 Å². The third kappa shape index (κ3) is 4.14. The number of methoxy groups -OCH3 is 1. The zero-order valence-electron chi connectivity index (χ0n) is 12.0. The van der Waals surface area contributed by atoms with Crippen molar-refractivity contribution in [3.05, 3.63) is 0 Å². The molecule has 0 aromatic heterocycles. The van der Waals surface area contributed by atoms with Gasteiger partial charge in [-0.2, -0.15) is 0 Å². The molecule has 0 N–H and O–H groups in total. The Morgan fingerprint density at radius 1 is 1.16 bits per heavy atom. The smallest absolute Gasteiger partial charge is 0.248 e. The molecular weight excluding hydrogens is 246 g/mol. The monoisotopic (exact) mass is 271 g/mol. The molecule has 110 valence electrons. The molecule has 2 fully saturated rings. The third-order valence-electron chi connectivity index (χ3n) is 3.91. The number of likely N-dealkylation sites (N-methyl/N-ethyl adjacent to an activating group) is 1. The number of hydrogen-bond donors (Lipinski definition) is 0. The van der Waals surface area contributed by atoms with Gasteiger partial charge in [-0.15, -0.1) is 0 Å². The zero-order valence-corrected chi connectivity index (χ0v) is 12.0. The van der Waals surface area contributed by atoms with Gasteiger partial charge in [-0.05, 0) is 7.05 Å². The number of piperazine rings is 2. The summed E-state index contributed by atoms with van der Waals surface area (Å²) in [6.07, 6.45) is 0. The fourth-order valence-electron chi connectivity index (χ4n) is 2.73. The number of hydrogen-bond acceptors (Lipinski definition) is 5. The van der Waals surface area contributed by atoms with Gasteiger partial charge >= 0.3 is 0 Å². The van der Waals surface area contributed by atoms with Crippen LogP contribution >= 0.6 is 0 Å². The SMILES string of the molecule is COCCOCC(=O)N1CCN2CCN(C)CC2C1. The average molecular weight is 271 g/mol. The first-order valence-corrected chi connectivity index (χ1v) is 6.97. The van der Waals surface area contributed by atoms with Crippen LogP contribution in [0.1, 0.15) is 0 Å².